The van der Waals surface area contributed by atoms with Gasteiger partial charge in [-0.25, -0.2) is 4.39 Å². The number of carbonyl (C=O) groups is 2. The maximum atomic E-state index is 13.2. The van der Waals surface area contributed by atoms with E-state index in [0.717, 1.165) is 16.8 Å². The Hall–Kier alpha value is -2.70. The summed E-state index contributed by atoms with van der Waals surface area (Å²) in [5, 5.41) is 2.99. The lowest BCUT2D eigenvalue weighted by Gasteiger charge is -2.33. The fraction of sp³-hybridized carbons (Fsp3) is 0.304. The number of anilines is 1. The number of halogens is 2. The van der Waals surface area contributed by atoms with Crippen molar-refractivity contribution in [2.75, 3.05) is 38.0 Å². The van der Waals surface area contributed by atoms with Gasteiger partial charge in [-0.1, -0.05) is 29.8 Å². The lowest BCUT2D eigenvalue weighted by atomic mass is 10.1. The first-order chi connectivity index (χ1) is 14.3. The SMILES string of the molecule is Cc1cccc(NC(=O)CN2CCN(C(=O)/C=C/c3ccc(F)c(Cl)c3)CC2)c1C. The van der Waals surface area contributed by atoms with E-state index in [4.69, 9.17) is 11.6 Å². The van der Waals surface area contributed by atoms with Gasteiger partial charge >= 0.3 is 0 Å². The van der Waals surface area contributed by atoms with Gasteiger partial charge in [-0.2, -0.15) is 0 Å². The van der Waals surface area contributed by atoms with E-state index < -0.39 is 5.82 Å². The van der Waals surface area contributed by atoms with Crippen molar-refractivity contribution in [3.8, 4) is 0 Å². The molecule has 30 heavy (non-hydrogen) atoms. The molecule has 0 atom stereocenters. The van der Waals surface area contributed by atoms with Crippen molar-refractivity contribution in [3.05, 3.63) is 70.0 Å². The number of aryl methyl sites for hydroxylation is 1. The first-order valence-electron chi connectivity index (χ1n) is 9.84. The Morgan fingerprint density at radius 3 is 2.57 bits per heavy atom. The fourth-order valence-corrected chi connectivity index (χ4v) is 3.48. The van der Waals surface area contributed by atoms with E-state index in [1.807, 2.05) is 36.9 Å². The number of hydrogen-bond donors (Lipinski definition) is 1. The van der Waals surface area contributed by atoms with Gasteiger partial charge in [-0.15, -0.1) is 0 Å². The molecular formula is C23H25ClFN3O2. The zero-order chi connectivity index (χ0) is 21.7. The number of nitrogens with one attached hydrogen (secondary N) is 1. The average molecular weight is 430 g/mol. The Labute approximate surface area is 181 Å². The molecule has 1 heterocycles. The molecule has 5 nitrogen and oxygen atoms in total. The van der Waals surface area contributed by atoms with E-state index in [2.05, 4.69) is 5.32 Å². The summed E-state index contributed by atoms with van der Waals surface area (Å²) >= 11 is 5.76. The minimum absolute atomic E-state index is 0.0253. The first kappa shape index (κ1) is 22.0. The number of carbonyl (C=O) groups excluding carboxylic acids is 2. The zero-order valence-electron chi connectivity index (χ0n) is 17.1. The lowest BCUT2D eigenvalue weighted by Crippen LogP contribution is -2.50. The van der Waals surface area contributed by atoms with E-state index in [1.165, 1.54) is 18.2 Å². The molecule has 1 aliphatic heterocycles. The number of piperazine rings is 1. The van der Waals surface area contributed by atoms with Crippen LogP contribution in [0, 0.1) is 19.7 Å². The van der Waals surface area contributed by atoms with Crippen LogP contribution in [-0.4, -0.2) is 54.3 Å². The van der Waals surface area contributed by atoms with E-state index in [9.17, 15) is 14.0 Å². The predicted octanol–water partition coefficient (Wildman–Crippen LogP) is 3.89. The van der Waals surface area contributed by atoms with Crippen LogP contribution in [0.3, 0.4) is 0 Å². The largest absolute Gasteiger partial charge is 0.337 e. The highest BCUT2D eigenvalue weighted by molar-refractivity contribution is 6.30. The molecule has 3 rings (SSSR count). The minimum atomic E-state index is -0.488. The Morgan fingerprint density at radius 2 is 1.87 bits per heavy atom. The van der Waals surface area contributed by atoms with Crippen molar-refractivity contribution in [1.82, 2.24) is 9.80 Å². The standard InChI is InChI=1S/C23H25ClFN3O2/c1-16-4-3-5-21(17(16)2)26-22(29)15-27-10-12-28(13-11-27)23(30)9-7-18-6-8-20(25)19(24)14-18/h3-9,14H,10-13,15H2,1-2H3,(H,26,29)/b9-7+. The Morgan fingerprint density at radius 1 is 1.13 bits per heavy atom. The second-order valence-corrected chi connectivity index (χ2v) is 7.81. The van der Waals surface area contributed by atoms with Gasteiger partial charge in [0.25, 0.3) is 0 Å². The molecule has 0 unspecified atom stereocenters. The molecule has 1 aliphatic rings. The smallest absolute Gasteiger partial charge is 0.246 e. The highest BCUT2D eigenvalue weighted by Crippen LogP contribution is 2.18. The van der Waals surface area contributed by atoms with Gasteiger partial charge in [0, 0.05) is 37.9 Å². The summed E-state index contributed by atoms with van der Waals surface area (Å²) in [6.45, 7) is 6.64. The van der Waals surface area contributed by atoms with Crippen LogP contribution in [0.5, 0.6) is 0 Å². The van der Waals surface area contributed by atoms with Gasteiger partial charge in [0.1, 0.15) is 5.82 Å². The molecule has 1 saturated heterocycles. The van der Waals surface area contributed by atoms with Crippen LogP contribution in [0.15, 0.2) is 42.5 Å². The van der Waals surface area contributed by atoms with Crippen LogP contribution >= 0.6 is 11.6 Å². The molecule has 2 amide bonds. The first-order valence-corrected chi connectivity index (χ1v) is 10.2. The minimum Gasteiger partial charge on any atom is -0.337 e. The van der Waals surface area contributed by atoms with E-state index in [1.54, 1.807) is 17.0 Å². The third-order valence-electron chi connectivity index (χ3n) is 5.29. The van der Waals surface area contributed by atoms with Gasteiger partial charge in [-0.3, -0.25) is 14.5 Å². The second-order valence-electron chi connectivity index (χ2n) is 7.40. The molecule has 1 N–H and O–H groups in total. The van der Waals surface area contributed by atoms with Crippen LogP contribution in [0.1, 0.15) is 16.7 Å². The molecule has 2 aromatic rings. The number of amides is 2. The van der Waals surface area contributed by atoms with Gasteiger partial charge in [0.05, 0.1) is 11.6 Å². The Bertz CT molecular complexity index is 969. The summed E-state index contributed by atoms with van der Waals surface area (Å²) in [4.78, 5) is 28.6. The number of nitrogens with zero attached hydrogens (tertiary/aromatic N) is 2. The van der Waals surface area contributed by atoms with Crippen LogP contribution in [0.2, 0.25) is 5.02 Å². The molecule has 0 aromatic heterocycles. The molecule has 158 valence electrons. The molecule has 0 saturated carbocycles. The third kappa shape index (κ3) is 5.68. The van der Waals surface area contributed by atoms with Crippen molar-refractivity contribution in [1.29, 1.82) is 0 Å². The third-order valence-corrected chi connectivity index (χ3v) is 5.58. The van der Waals surface area contributed by atoms with E-state index >= 15 is 0 Å². The summed E-state index contributed by atoms with van der Waals surface area (Å²) < 4.78 is 13.2. The molecular weight excluding hydrogens is 405 g/mol. The fourth-order valence-electron chi connectivity index (χ4n) is 3.29. The summed E-state index contributed by atoms with van der Waals surface area (Å²) in [5.74, 6) is -0.663. The van der Waals surface area contributed by atoms with Crippen molar-refractivity contribution < 1.29 is 14.0 Å². The van der Waals surface area contributed by atoms with Crippen molar-refractivity contribution >= 4 is 35.2 Å². The molecule has 2 aromatic carbocycles. The van der Waals surface area contributed by atoms with Crippen LogP contribution in [-0.2, 0) is 9.59 Å². The second kappa shape index (κ2) is 9.87. The quantitative estimate of drug-likeness (QED) is 0.733. The normalized spacial score (nSPS) is 14.9. The molecule has 7 heteroatoms. The maximum Gasteiger partial charge on any atom is 0.246 e. The molecule has 0 spiro atoms. The van der Waals surface area contributed by atoms with Gasteiger partial charge in [0.2, 0.25) is 11.8 Å². The summed E-state index contributed by atoms with van der Waals surface area (Å²) in [7, 11) is 0. The van der Waals surface area contributed by atoms with Gasteiger partial charge in [-0.05, 0) is 54.8 Å². The topological polar surface area (TPSA) is 52.7 Å². The Kier molecular flexibility index (Phi) is 7.24. The highest BCUT2D eigenvalue weighted by Gasteiger charge is 2.21. The highest BCUT2D eigenvalue weighted by atomic mass is 35.5. The Balaban J connectivity index is 1.47. The number of benzene rings is 2. The van der Waals surface area contributed by atoms with Crippen LogP contribution < -0.4 is 5.32 Å². The van der Waals surface area contributed by atoms with E-state index in [-0.39, 0.29) is 16.8 Å². The number of rotatable bonds is 5. The molecule has 0 bridgehead atoms. The van der Waals surface area contributed by atoms with Crippen molar-refractivity contribution in [2.24, 2.45) is 0 Å². The zero-order valence-corrected chi connectivity index (χ0v) is 17.9. The summed E-state index contributed by atoms with van der Waals surface area (Å²) in [6.07, 6.45) is 3.09. The van der Waals surface area contributed by atoms with Crippen LogP contribution in [0.4, 0.5) is 10.1 Å². The monoisotopic (exact) mass is 429 g/mol. The lowest BCUT2D eigenvalue weighted by molar-refractivity contribution is -0.127. The van der Waals surface area contributed by atoms with Crippen molar-refractivity contribution in [3.63, 3.8) is 0 Å². The van der Waals surface area contributed by atoms with Crippen LogP contribution in [0.25, 0.3) is 6.08 Å². The van der Waals surface area contributed by atoms with Crippen molar-refractivity contribution in [2.45, 2.75) is 13.8 Å². The van der Waals surface area contributed by atoms with E-state index in [0.29, 0.717) is 38.3 Å². The molecule has 1 fully saturated rings. The average Bonchev–Trinajstić information content (AvgIpc) is 2.72. The number of hydrogen-bond acceptors (Lipinski definition) is 3. The maximum absolute atomic E-state index is 13.2. The summed E-state index contributed by atoms with van der Waals surface area (Å²) in [5.41, 5.74) is 3.70. The molecule has 0 aliphatic carbocycles. The molecule has 0 radical (unpaired) electrons. The predicted molar refractivity (Wildman–Crippen MR) is 118 cm³/mol. The van der Waals surface area contributed by atoms with Gasteiger partial charge in [0.15, 0.2) is 0 Å². The summed E-state index contributed by atoms with van der Waals surface area (Å²) in [6, 6.07) is 10.2. The van der Waals surface area contributed by atoms with Gasteiger partial charge < -0.3 is 10.2 Å².